The molecular formula is C14H14O2S. The molecule has 0 spiro atoms. The molecule has 17 heavy (non-hydrogen) atoms. The van der Waals surface area contributed by atoms with Crippen LogP contribution in [0.2, 0.25) is 0 Å². The van der Waals surface area contributed by atoms with Crippen LogP contribution in [-0.4, -0.2) is 12.4 Å². The van der Waals surface area contributed by atoms with E-state index < -0.39 is 0 Å². The third kappa shape index (κ3) is 3.17. The van der Waals surface area contributed by atoms with E-state index in [1.165, 1.54) is 0 Å². The van der Waals surface area contributed by atoms with Crippen molar-refractivity contribution in [2.75, 3.05) is 6.61 Å². The molecule has 88 valence electrons. The van der Waals surface area contributed by atoms with Gasteiger partial charge in [-0.3, -0.25) is 4.79 Å². The van der Waals surface area contributed by atoms with E-state index in [1.54, 1.807) is 17.4 Å². The van der Waals surface area contributed by atoms with Gasteiger partial charge in [-0.25, -0.2) is 0 Å². The molecule has 2 rings (SSSR count). The number of rotatable bonds is 5. The van der Waals surface area contributed by atoms with Crippen molar-refractivity contribution in [1.82, 2.24) is 0 Å². The molecule has 0 aliphatic rings. The monoisotopic (exact) mass is 246 g/mol. The molecule has 1 aromatic carbocycles. The number of benzene rings is 1. The third-order valence-corrected chi connectivity index (χ3v) is 3.26. The quantitative estimate of drug-likeness (QED) is 0.754. The summed E-state index contributed by atoms with van der Waals surface area (Å²) in [5.41, 5.74) is 0.712. The number of hydrogen-bond donors (Lipinski definition) is 0. The molecule has 1 aromatic heterocycles. The van der Waals surface area contributed by atoms with Crippen molar-refractivity contribution in [3.8, 4) is 5.75 Å². The Labute approximate surface area is 105 Å². The molecule has 0 amide bonds. The number of Topliss-reactive ketones (excluding diaryl/α,β-unsaturated/α-hetero) is 1. The summed E-state index contributed by atoms with van der Waals surface area (Å²) < 4.78 is 5.38. The van der Waals surface area contributed by atoms with Gasteiger partial charge in [0.2, 0.25) is 0 Å². The number of thiophene rings is 1. The average Bonchev–Trinajstić information content (AvgIpc) is 2.83. The molecule has 0 aliphatic heterocycles. The lowest BCUT2D eigenvalue weighted by Crippen LogP contribution is -2.02. The zero-order chi connectivity index (χ0) is 12.1. The summed E-state index contributed by atoms with van der Waals surface area (Å²) in [7, 11) is 0. The predicted octanol–water partition coefficient (Wildman–Crippen LogP) is 3.57. The van der Waals surface area contributed by atoms with Crippen LogP contribution in [0.3, 0.4) is 0 Å². The molecular weight excluding hydrogens is 232 g/mol. The third-order valence-electron chi connectivity index (χ3n) is 2.38. The molecule has 0 atom stereocenters. The summed E-state index contributed by atoms with van der Waals surface area (Å²) in [5, 5.41) is 1.99. The smallest absolute Gasteiger partial charge is 0.168 e. The Kier molecular flexibility index (Phi) is 3.94. The van der Waals surface area contributed by atoms with Gasteiger partial charge in [0.1, 0.15) is 5.75 Å². The SMILES string of the molecule is CCOc1cccc(C(=O)Cc2cccs2)c1. The minimum atomic E-state index is 0.133. The van der Waals surface area contributed by atoms with Crippen molar-refractivity contribution >= 4 is 17.1 Å². The van der Waals surface area contributed by atoms with Crippen LogP contribution >= 0.6 is 11.3 Å². The lowest BCUT2D eigenvalue weighted by molar-refractivity contribution is 0.0993. The zero-order valence-corrected chi connectivity index (χ0v) is 10.5. The molecule has 0 aliphatic carbocycles. The maximum atomic E-state index is 12.0. The highest BCUT2D eigenvalue weighted by molar-refractivity contribution is 7.10. The van der Waals surface area contributed by atoms with Crippen molar-refractivity contribution in [2.24, 2.45) is 0 Å². The Morgan fingerprint density at radius 1 is 1.29 bits per heavy atom. The topological polar surface area (TPSA) is 26.3 Å². The van der Waals surface area contributed by atoms with Crippen molar-refractivity contribution in [3.63, 3.8) is 0 Å². The van der Waals surface area contributed by atoms with E-state index in [9.17, 15) is 4.79 Å². The van der Waals surface area contributed by atoms with Gasteiger partial charge in [-0.1, -0.05) is 18.2 Å². The van der Waals surface area contributed by atoms with Gasteiger partial charge >= 0.3 is 0 Å². The number of ketones is 1. The molecule has 2 aromatic rings. The summed E-state index contributed by atoms with van der Waals surface area (Å²) in [4.78, 5) is 13.1. The minimum Gasteiger partial charge on any atom is -0.494 e. The molecule has 2 nitrogen and oxygen atoms in total. The van der Waals surface area contributed by atoms with E-state index in [2.05, 4.69) is 0 Å². The Morgan fingerprint density at radius 2 is 2.18 bits per heavy atom. The van der Waals surface area contributed by atoms with E-state index in [-0.39, 0.29) is 5.78 Å². The average molecular weight is 246 g/mol. The van der Waals surface area contributed by atoms with Crippen molar-refractivity contribution in [2.45, 2.75) is 13.3 Å². The maximum Gasteiger partial charge on any atom is 0.168 e. The fourth-order valence-corrected chi connectivity index (χ4v) is 2.30. The van der Waals surface area contributed by atoms with Crippen molar-refractivity contribution in [3.05, 3.63) is 52.2 Å². The second-order valence-electron chi connectivity index (χ2n) is 3.64. The van der Waals surface area contributed by atoms with Gasteiger partial charge in [-0.2, -0.15) is 0 Å². The van der Waals surface area contributed by atoms with Gasteiger partial charge in [0.05, 0.1) is 6.61 Å². The van der Waals surface area contributed by atoms with Crippen LogP contribution in [0.1, 0.15) is 22.2 Å². The Morgan fingerprint density at radius 3 is 2.88 bits per heavy atom. The summed E-state index contributed by atoms with van der Waals surface area (Å²) in [6.07, 6.45) is 0.466. The molecule has 0 N–H and O–H groups in total. The van der Waals surface area contributed by atoms with Gasteiger partial charge in [-0.05, 0) is 30.5 Å². The van der Waals surface area contributed by atoms with E-state index >= 15 is 0 Å². The molecule has 0 unspecified atom stereocenters. The van der Waals surface area contributed by atoms with Crippen molar-refractivity contribution < 1.29 is 9.53 Å². The van der Waals surface area contributed by atoms with Crippen LogP contribution in [-0.2, 0) is 6.42 Å². The van der Waals surface area contributed by atoms with Gasteiger partial charge < -0.3 is 4.74 Å². The second kappa shape index (κ2) is 5.64. The van der Waals surface area contributed by atoms with Crippen LogP contribution in [0.5, 0.6) is 5.75 Å². The fraction of sp³-hybridized carbons (Fsp3) is 0.214. The molecule has 0 fully saturated rings. The first-order valence-electron chi connectivity index (χ1n) is 5.58. The lowest BCUT2D eigenvalue weighted by atomic mass is 10.1. The summed E-state index contributed by atoms with van der Waals surface area (Å²) in [6.45, 7) is 2.54. The first-order valence-corrected chi connectivity index (χ1v) is 6.46. The highest BCUT2D eigenvalue weighted by atomic mass is 32.1. The summed E-state index contributed by atoms with van der Waals surface area (Å²) >= 11 is 1.61. The highest BCUT2D eigenvalue weighted by Gasteiger charge is 2.08. The van der Waals surface area contributed by atoms with E-state index in [1.807, 2.05) is 42.6 Å². The van der Waals surface area contributed by atoms with E-state index in [0.717, 1.165) is 10.6 Å². The first kappa shape index (κ1) is 11.9. The molecule has 0 saturated heterocycles. The van der Waals surface area contributed by atoms with E-state index in [4.69, 9.17) is 4.74 Å². The lowest BCUT2D eigenvalue weighted by Gasteiger charge is -2.04. The fourth-order valence-electron chi connectivity index (χ4n) is 1.60. The van der Waals surface area contributed by atoms with E-state index in [0.29, 0.717) is 18.6 Å². The van der Waals surface area contributed by atoms with Gasteiger partial charge in [0.15, 0.2) is 5.78 Å². The van der Waals surface area contributed by atoms with Crippen LogP contribution in [0.15, 0.2) is 41.8 Å². The molecule has 0 bridgehead atoms. The molecule has 0 radical (unpaired) electrons. The Hall–Kier alpha value is -1.61. The van der Waals surface area contributed by atoms with Crippen LogP contribution in [0.25, 0.3) is 0 Å². The second-order valence-corrected chi connectivity index (χ2v) is 4.67. The summed E-state index contributed by atoms with van der Waals surface area (Å²) in [6, 6.07) is 11.3. The highest BCUT2D eigenvalue weighted by Crippen LogP contribution is 2.17. The van der Waals surface area contributed by atoms with Gasteiger partial charge in [0, 0.05) is 16.9 Å². The predicted molar refractivity (Wildman–Crippen MR) is 70.0 cm³/mol. The number of carbonyl (C=O) groups excluding carboxylic acids is 1. The van der Waals surface area contributed by atoms with Crippen LogP contribution in [0.4, 0.5) is 0 Å². The number of ether oxygens (including phenoxy) is 1. The van der Waals surface area contributed by atoms with Crippen LogP contribution in [0, 0.1) is 0 Å². The number of carbonyl (C=O) groups is 1. The number of hydrogen-bond acceptors (Lipinski definition) is 3. The standard InChI is InChI=1S/C14H14O2S/c1-2-16-12-6-3-5-11(9-12)14(15)10-13-7-4-8-17-13/h3-9H,2,10H2,1H3. The van der Waals surface area contributed by atoms with Gasteiger partial charge in [-0.15, -0.1) is 11.3 Å². The van der Waals surface area contributed by atoms with Crippen LogP contribution < -0.4 is 4.74 Å². The Balaban J connectivity index is 2.11. The Bertz CT molecular complexity index is 489. The first-order chi connectivity index (χ1) is 8.29. The molecule has 0 saturated carbocycles. The molecule has 3 heteroatoms. The largest absolute Gasteiger partial charge is 0.494 e. The van der Waals surface area contributed by atoms with Crippen molar-refractivity contribution in [1.29, 1.82) is 0 Å². The molecule has 1 heterocycles. The normalized spacial score (nSPS) is 10.2. The summed E-state index contributed by atoms with van der Waals surface area (Å²) in [5.74, 6) is 0.888. The minimum absolute atomic E-state index is 0.133. The van der Waals surface area contributed by atoms with Gasteiger partial charge in [0.25, 0.3) is 0 Å². The maximum absolute atomic E-state index is 12.0. The zero-order valence-electron chi connectivity index (χ0n) is 9.68.